The predicted octanol–water partition coefficient (Wildman–Crippen LogP) is 0.580. The van der Waals surface area contributed by atoms with Crippen molar-refractivity contribution >= 4 is 10.2 Å². The molecule has 1 aromatic rings. The van der Waals surface area contributed by atoms with E-state index < -0.39 is 21.8 Å². The van der Waals surface area contributed by atoms with E-state index in [0.717, 1.165) is 22.5 Å². The van der Waals surface area contributed by atoms with Crippen molar-refractivity contribution in [2.24, 2.45) is 5.73 Å². The second-order valence-electron chi connectivity index (χ2n) is 4.03. The van der Waals surface area contributed by atoms with Crippen LogP contribution in [0.2, 0.25) is 0 Å². The molecule has 0 aliphatic rings. The fraction of sp³-hybridized carbons (Fsp3) is 0.455. The monoisotopic (exact) mass is 293 g/mol. The van der Waals surface area contributed by atoms with Gasteiger partial charge in [-0.3, -0.25) is 0 Å². The van der Waals surface area contributed by atoms with Gasteiger partial charge in [0, 0.05) is 25.7 Å². The van der Waals surface area contributed by atoms with Gasteiger partial charge in [-0.2, -0.15) is 17.4 Å². The molecule has 0 fully saturated rings. The Morgan fingerprint density at radius 1 is 1.37 bits per heavy atom. The quantitative estimate of drug-likeness (QED) is 0.772. The second kappa shape index (κ2) is 6.90. The average Bonchev–Trinajstić information content (AvgIpc) is 2.37. The molecule has 0 spiro atoms. The second-order valence-corrected chi connectivity index (χ2v) is 5.89. The first-order chi connectivity index (χ1) is 8.86. The Bertz CT molecular complexity index is 523. The van der Waals surface area contributed by atoms with E-state index in [9.17, 15) is 17.2 Å². The van der Waals surface area contributed by atoms with E-state index in [2.05, 4.69) is 4.72 Å². The molecule has 3 N–H and O–H groups in total. The maximum Gasteiger partial charge on any atom is 0.279 e. The first kappa shape index (κ1) is 16.0. The minimum Gasteiger partial charge on any atom is -0.330 e. The van der Waals surface area contributed by atoms with Crippen LogP contribution in [0.5, 0.6) is 0 Å². The molecule has 0 heterocycles. The molecule has 1 rings (SSSR count). The lowest BCUT2D eigenvalue weighted by atomic mass is 10.2. The number of nitrogens with two attached hydrogens (primary N) is 1. The van der Waals surface area contributed by atoms with Gasteiger partial charge >= 0.3 is 0 Å². The van der Waals surface area contributed by atoms with Gasteiger partial charge in [0.15, 0.2) is 0 Å². The van der Waals surface area contributed by atoms with Crippen LogP contribution in [0.4, 0.5) is 8.78 Å². The summed E-state index contributed by atoms with van der Waals surface area (Å²) in [5.41, 5.74) is 5.24. The van der Waals surface area contributed by atoms with E-state index >= 15 is 0 Å². The van der Waals surface area contributed by atoms with Gasteiger partial charge < -0.3 is 5.73 Å². The highest BCUT2D eigenvalue weighted by Gasteiger charge is 2.17. The molecule has 0 saturated carbocycles. The summed E-state index contributed by atoms with van der Waals surface area (Å²) in [6.07, 6.45) is 0.520. The number of hydrogen-bond donors (Lipinski definition) is 2. The lowest BCUT2D eigenvalue weighted by Crippen LogP contribution is -2.38. The molecule has 19 heavy (non-hydrogen) atoms. The zero-order valence-electron chi connectivity index (χ0n) is 10.6. The summed E-state index contributed by atoms with van der Waals surface area (Å²) in [5, 5.41) is 0. The lowest BCUT2D eigenvalue weighted by Gasteiger charge is -2.17. The van der Waals surface area contributed by atoms with E-state index in [4.69, 9.17) is 5.73 Å². The van der Waals surface area contributed by atoms with Crippen molar-refractivity contribution in [2.75, 3.05) is 20.1 Å². The van der Waals surface area contributed by atoms with Crippen LogP contribution < -0.4 is 10.5 Å². The van der Waals surface area contributed by atoms with E-state index in [-0.39, 0.29) is 18.7 Å². The number of nitrogens with zero attached hydrogens (tertiary/aromatic N) is 1. The Labute approximate surface area is 111 Å². The Kier molecular flexibility index (Phi) is 5.80. The van der Waals surface area contributed by atoms with Gasteiger partial charge in [0.1, 0.15) is 11.6 Å². The third kappa shape index (κ3) is 4.83. The van der Waals surface area contributed by atoms with Gasteiger partial charge in [0.05, 0.1) is 0 Å². The van der Waals surface area contributed by atoms with Crippen molar-refractivity contribution in [1.29, 1.82) is 0 Å². The van der Waals surface area contributed by atoms with Crippen LogP contribution in [0.1, 0.15) is 12.0 Å². The molecule has 0 amide bonds. The van der Waals surface area contributed by atoms with Gasteiger partial charge in [-0.15, -0.1) is 0 Å². The fourth-order valence-corrected chi connectivity index (χ4v) is 2.32. The van der Waals surface area contributed by atoms with Crippen LogP contribution in [-0.4, -0.2) is 32.9 Å². The predicted molar refractivity (Wildman–Crippen MR) is 68.4 cm³/mol. The largest absolute Gasteiger partial charge is 0.330 e. The van der Waals surface area contributed by atoms with Crippen molar-refractivity contribution in [3.63, 3.8) is 0 Å². The number of hydrogen-bond acceptors (Lipinski definition) is 3. The van der Waals surface area contributed by atoms with Crippen LogP contribution in [0.3, 0.4) is 0 Å². The van der Waals surface area contributed by atoms with Crippen LogP contribution in [-0.2, 0) is 16.8 Å². The van der Waals surface area contributed by atoms with Gasteiger partial charge in [0.25, 0.3) is 10.2 Å². The molecule has 108 valence electrons. The van der Waals surface area contributed by atoms with Crippen molar-refractivity contribution in [3.05, 3.63) is 35.4 Å². The third-order valence-electron chi connectivity index (χ3n) is 2.54. The first-order valence-corrected chi connectivity index (χ1v) is 7.15. The van der Waals surface area contributed by atoms with E-state index in [1.165, 1.54) is 7.05 Å². The smallest absolute Gasteiger partial charge is 0.279 e. The molecule has 0 aliphatic heterocycles. The summed E-state index contributed by atoms with van der Waals surface area (Å²) in [4.78, 5) is 0. The van der Waals surface area contributed by atoms with Crippen LogP contribution in [0.15, 0.2) is 18.2 Å². The van der Waals surface area contributed by atoms with Crippen LogP contribution in [0.25, 0.3) is 0 Å². The van der Waals surface area contributed by atoms with Crippen LogP contribution >= 0.6 is 0 Å². The minimum absolute atomic E-state index is 0.0456. The maximum absolute atomic E-state index is 13.3. The molecule has 0 unspecified atom stereocenters. The fourth-order valence-electron chi connectivity index (χ4n) is 1.39. The topological polar surface area (TPSA) is 75.4 Å². The molecule has 0 radical (unpaired) electrons. The van der Waals surface area contributed by atoms with Crippen molar-refractivity contribution < 1.29 is 17.2 Å². The maximum atomic E-state index is 13.3. The molecule has 1 aromatic carbocycles. The SMILES string of the molecule is CN(CCCN)S(=O)(=O)NCc1cc(F)ccc1F. The molecule has 0 aliphatic carbocycles. The molecular weight excluding hydrogens is 276 g/mol. The molecule has 0 bridgehead atoms. The number of benzene rings is 1. The normalized spacial score (nSPS) is 12.1. The van der Waals surface area contributed by atoms with Crippen molar-refractivity contribution in [1.82, 2.24) is 9.03 Å². The summed E-state index contributed by atoms with van der Waals surface area (Å²) in [6.45, 7) is 0.328. The first-order valence-electron chi connectivity index (χ1n) is 5.71. The highest BCUT2D eigenvalue weighted by molar-refractivity contribution is 7.87. The molecule has 8 heteroatoms. The van der Waals surface area contributed by atoms with Crippen molar-refractivity contribution in [2.45, 2.75) is 13.0 Å². The van der Waals surface area contributed by atoms with E-state index in [1.807, 2.05) is 0 Å². The zero-order chi connectivity index (χ0) is 14.5. The molecule has 5 nitrogen and oxygen atoms in total. The van der Waals surface area contributed by atoms with Gasteiger partial charge in [-0.1, -0.05) is 0 Å². The van der Waals surface area contributed by atoms with Gasteiger partial charge in [-0.05, 0) is 31.2 Å². The summed E-state index contributed by atoms with van der Waals surface area (Å²) in [5.74, 6) is -1.28. The average molecular weight is 293 g/mol. The molecule has 0 atom stereocenters. The van der Waals surface area contributed by atoms with Gasteiger partial charge in [0.2, 0.25) is 0 Å². The Morgan fingerprint density at radius 2 is 2.05 bits per heavy atom. The van der Waals surface area contributed by atoms with Gasteiger partial charge in [-0.25, -0.2) is 8.78 Å². The lowest BCUT2D eigenvalue weighted by molar-refractivity contribution is 0.451. The summed E-state index contributed by atoms with van der Waals surface area (Å²) in [6, 6.07) is 2.88. The van der Waals surface area contributed by atoms with E-state index in [1.54, 1.807) is 0 Å². The highest BCUT2D eigenvalue weighted by Crippen LogP contribution is 2.10. The number of nitrogens with one attached hydrogen (secondary N) is 1. The van der Waals surface area contributed by atoms with E-state index in [0.29, 0.717) is 13.0 Å². The highest BCUT2D eigenvalue weighted by atomic mass is 32.2. The number of halogens is 2. The summed E-state index contributed by atoms with van der Waals surface area (Å²) in [7, 11) is -2.33. The Balaban J connectivity index is 2.67. The molecule has 0 aromatic heterocycles. The minimum atomic E-state index is -3.72. The summed E-state index contributed by atoms with van der Waals surface area (Å²) < 4.78 is 53.1. The summed E-state index contributed by atoms with van der Waals surface area (Å²) >= 11 is 0. The Hall–Kier alpha value is -1.09. The standard InChI is InChI=1S/C11H17F2N3O2S/c1-16(6-2-5-14)19(17,18)15-8-9-7-10(12)3-4-11(9)13/h3-4,7,15H,2,5-6,8,14H2,1H3. The molecular formula is C11H17F2N3O2S. The third-order valence-corrected chi connectivity index (χ3v) is 4.05. The molecule has 0 saturated heterocycles. The van der Waals surface area contributed by atoms with Crippen molar-refractivity contribution in [3.8, 4) is 0 Å². The zero-order valence-corrected chi connectivity index (χ0v) is 11.4. The Morgan fingerprint density at radius 3 is 2.68 bits per heavy atom. The van der Waals surface area contributed by atoms with Crippen LogP contribution in [0, 0.1) is 11.6 Å². The number of rotatable bonds is 7.